The predicted octanol–water partition coefficient (Wildman–Crippen LogP) is 8.43. The molecule has 0 radical (unpaired) electrons. The second-order valence-corrected chi connectivity index (χ2v) is 10.5. The summed E-state index contributed by atoms with van der Waals surface area (Å²) >= 11 is 7.02. The van der Waals surface area contributed by atoms with E-state index in [1.807, 2.05) is 121 Å². The van der Waals surface area contributed by atoms with Crippen molar-refractivity contribution in [3.63, 3.8) is 0 Å². The van der Waals surface area contributed by atoms with Gasteiger partial charge in [-0.3, -0.25) is 4.79 Å². The van der Waals surface area contributed by atoms with Crippen LogP contribution in [0, 0.1) is 6.92 Å². The lowest BCUT2D eigenvalue weighted by Gasteiger charge is -2.19. The van der Waals surface area contributed by atoms with Crippen molar-refractivity contribution in [2.45, 2.75) is 17.1 Å². The third kappa shape index (κ3) is 6.40. The summed E-state index contributed by atoms with van der Waals surface area (Å²) in [7, 11) is 0. The number of carbonyl (C=O) groups excluding carboxylic acids is 1. The van der Waals surface area contributed by atoms with E-state index in [0.29, 0.717) is 5.11 Å². The Kier molecular flexibility index (Phi) is 8.02. The average Bonchev–Trinajstić information content (AvgIpc) is 2.94. The molecule has 0 aliphatic carbocycles. The number of thioether (sulfide) groups is 1. The first-order chi connectivity index (χ1) is 18.5. The van der Waals surface area contributed by atoms with Crippen molar-refractivity contribution in [3.05, 3.63) is 132 Å². The van der Waals surface area contributed by atoms with Crippen LogP contribution in [0.4, 0.5) is 17.1 Å². The maximum Gasteiger partial charge on any atom is 0.242 e. The Hall–Kier alpha value is -4.13. The number of benzene rings is 5. The molecule has 0 fully saturated rings. The highest BCUT2D eigenvalue weighted by atomic mass is 32.2. The lowest BCUT2D eigenvalue weighted by atomic mass is 10.1. The smallest absolute Gasteiger partial charge is 0.242 e. The molecule has 188 valence electrons. The molecular weight excluding hydrogens is 507 g/mol. The Morgan fingerprint density at radius 2 is 1.39 bits per heavy atom. The van der Waals surface area contributed by atoms with Gasteiger partial charge in [0.25, 0.3) is 0 Å². The molecule has 0 aliphatic rings. The molecule has 38 heavy (non-hydrogen) atoms. The van der Waals surface area contributed by atoms with Crippen molar-refractivity contribution in [1.82, 2.24) is 0 Å². The SMILES string of the molecule is Cc1ccc(NC(=S)Nc2cccc(SC(C(=O)Nc3cccc4ccccc34)c3ccccc3)c2)cc1. The third-order valence-corrected chi connectivity index (χ3v) is 7.50. The highest BCUT2D eigenvalue weighted by Gasteiger charge is 2.23. The second-order valence-electron chi connectivity index (χ2n) is 8.90. The summed E-state index contributed by atoms with van der Waals surface area (Å²) in [5.41, 5.74) is 4.70. The maximum atomic E-state index is 13.7. The summed E-state index contributed by atoms with van der Waals surface area (Å²) in [5.74, 6) is -0.0764. The van der Waals surface area contributed by atoms with Gasteiger partial charge in [-0.05, 0) is 66.5 Å². The van der Waals surface area contributed by atoms with E-state index in [-0.39, 0.29) is 5.91 Å². The van der Waals surface area contributed by atoms with Gasteiger partial charge in [-0.15, -0.1) is 11.8 Å². The van der Waals surface area contributed by atoms with Crippen LogP contribution in [-0.4, -0.2) is 11.0 Å². The van der Waals surface area contributed by atoms with Gasteiger partial charge in [0.1, 0.15) is 5.25 Å². The number of rotatable bonds is 7. The summed E-state index contributed by atoms with van der Waals surface area (Å²) in [6.45, 7) is 2.05. The van der Waals surface area contributed by atoms with Crippen molar-refractivity contribution in [2.75, 3.05) is 16.0 Å². The van der Waals surface area contributed by atoms with E-state index in [4.69, 9.17) is 12.2 Å². The first-order valence-electron chi connectivity index (χ1n) is 12.3. The minimum atomic E-state index is -0.442. The van der Waals surface area contributed by atoms with Crippen molar-refractivity contribution in [3.8, 4) is 0 Å². The molecule has 0 saturated carbocycles. The largest absolute Gasteiger partial charge is 0.332 e. The van der Waals surface area contributed by atoms with E-state index in [1.165, 1.54) is 17.3 Å². The number of aryl methyl sites for hydroxylation is 1. The summed E-state index contributed by atoms with van der Waals surface area (Å²) < 4.78 is 0. The zero-order valence-electron chi connectivity index (χ0n) is 20.8. The predicted molar refractivity (Wildman–Crippen MR) is 165 cm³/mol. The van der Waals surface area contributed by atoms with Gasteiger partial charge in [0, 0.05) is 27.3 Å². The monoisotopic (exact) mass is 533 g/mol. The van der Waals surface area contributed by atoms with Crippen LogP contribution in [-0.2, 0) is 4.79 Å². The van der Waals surface area contributed by atoms with Gasteiger partial charge in [0.05, 0.1) is 0 Å². The van der Waals surface area contributed by atoms with Gasteiger partial charge in [-0.2, -0.15) is 0 Å². The van der Waals surface area contributed by atoms with Crippen molar-refractivity contribution in [2.24, 2.45) is 0 Å². The van der Waals surface area contributed by atoms with E-state index in [9.17, 15) is 4.79 Å². The molecule has 5 rings (SSSR count). The fourth-order valence-electron chi connectivity index (χ4n) is 4.15. The van der Waals surface area contributed by atoms with Crippen LogP contribution < -0.4 is 16.0 Å². The standard InChI is InChI=1S/C32H27N3OS2/c1-22-17-19-25(20-18-22)33-32(37)34-26-13-8-14-27(21-26)38-30(24-10-3-2-4-11-24)31(36)35-29-16-7-12-23-9-5-6-15-28(23)29/h2-21,30H,1H3,(H,35,36)(H2,33,34,37). The highest BCUT2D eigenvalue weighted by molar-refractivity contribution is 8.00. The highest BCUT2D eigenvalue weighted by Crippen LogP contribution is 2.37. The quantitative estimate of drug-likeness (QED) is 0.145. The molecule has 1 atom stereocenters. The van der Waals surface area contributed by atoms with Gasteiger partial charge >= 0.3 is 0 Å². The molecule has 1 unspecified atom stereocenters. The number of anilines is 3. The summed E-state index contributed by atoms with van der Waals surface area (Å²) in [6, 6.07) is 39.9. The minimum absolute atomic E-state index is 0.0764. The summed E-state index contributed by atoms with van der Waals surface area (Å²) in [5, 5.41) is 11.8. The molecule has 0 aromatic heterocycles. The Labute approximate surface area is 232 Å². The summed E-state index contributed by atoms with van der Waals surface area (Å²) in [6.07, 6.45) is 0. The van der Waals surface area contributed by atoms with Crippen LogP contribution in [0.15, 0.2) is 126 Å². The van der Waals surface area contributed by atoms with Crippen LogP contribution >= 0.6 is 24.0 Å². The van der Waals surface area contributed by atoms with Crippen LogP contribution in [0.25, 0.3) is 10.8 Å². The van der Waals surface area contributed by atoms with Gasteiger partial charge in [0.2, 0.25) is 5.91 Å². The number of thiocarbonyl (C=S) groups is 1. The molecule has 6 heteroatoms. The molecule has 1 amide bonds. The number of amides is 1. The fraction of sp³-hybridized carbons (Fsp3) is 0.0625. The Bertz CT molecular complexity index is 1560. The molecule has 0 spiro atoms. The van der Waals surface area contributed by atoms with Crippen molar-refractivity contribution < 1.29 is 4.79 Å². The molecule has 5 aromatic carbocycles. The zero-order chi connectivity index (χ0) is 26.3. The Morgan fingerprint density at radius 1 is 0.711 bits per heavy atom. The molecule has 0 bridgehead atoms. The van der Waals surface area contributed by atoms with Gasteiger partial charge in [-0.1, -0.05) is 90.5 Å². The first-order valence-corrected chi connectivity index (χ1v) is 13.6. The second kappa shape index (κ2) is 11.9. The van der Waals surface area contributed by atoms with Crippen LogP contribution in [0.3, 0.4) is 0 Å². The van der Waals surface area contributed by atoms with Crippen molar-refractivity contribution >= 4 is 62.8 Å². The van der Waals surface area contributed by atoms with E-state index < -0.39 is 5.25 Å². The molecule has 3 N–H and O–H groups in total. The number of fused-ring (bicyclic) bond motifs is 1. The van der Waals surface area contributed by atoms with E-state index in [1.54, 1.807) is 0 Å². The molecular formula is C32H27N3OS2. The van der Waals surface area contributed by atoms with E-state index in [0.717, 1.165) is 38.3 Å². The first kappa shape index (κ1) is 25.5. The Morgan fingerprint density at radius 3 is 2.21 bits per heavy atom. The lowest BCUT2D eigenvalue weighted by molar-refractivity contribution is -0.115. The topological polar surface area (TPSA) is 53.2 Å². The van der Waals surface area contributed by atoms with E-state index in [2.05, 4.69) is 22.9 Å². The molecule has 4 nitrogen and oxygen atoms in total. The fourth-order valence-corrected chi connectivity index (χ4v) is 5.47. The van der Waals surface area contributed by atoms with Gasteiger partial charge < -0.3 is 16.0 Å². The molecule has 0 heterocycles. The van der Waals surface area contributed by atoms with Crippen molar-refractivity contribution in [1.29, 1.82) is 0 Å². The number of nitrogens with one attached hydrogen (secondary N) is 3. The van der Waals surface area contributed by atoms with Gasteiger partial charge in [-0.25, -0.2) is 0 Å². The lowest BCUT2D eigenvalue weighted by Crippen LogP contribution is -2.19. The minimum Gasteiger partial charge on any atom is -0.332 e. The molecule has 5 aromatic rings. The van der Waals surface area contributed by atoms with Crippen LogP contribution in [0.5, 0.6) is 0 Å². The van der Waals surface area contributed by atoms with Crippen LogP contribution in [0.1, 0.15) is 16.4 Å². The summed E-state index contributed by atoms with van der Waals surface area (Å²) in [4.78, 5) is 14.6. The normalized spacial score (nSPS) is 11.5. The van der Waals surface area contributed by atoms with E-state index >= 15 is 0 Å². The number of hydrogen-bond donors (Lipinski definition) is 3. The maximum absolute atomic E-state index is 13.7. The third-order valence-electron chi connectivity index (χ3n) is 6.04. The molecule has 0 aliphatic heterocycles. The average molecular weight is 534 g/mol. The Balaban J connectivity index is 1.34. The van der Waals surface area contributed by atoms with Crippen LogP contribution in [0.2, 0.25) is 0 Å². The number of hydrogen-bond acceptors (Lipinski definition) is 3. The zero-order valence-corrected chi connectivity index (χ0v) is 22.5. The number of carbonyl (C=O) groups is 1. The van der Waals surface area contributed by atoms with Gasteiger partial charge in [0.15, 0.2) is 5.11 Å². The molecule has 0 saturated heterocycles.